The molecule has 3 nitrogen and oxygen atoms in total. The molecule has 0 saturated carbocycles. The van der Waals surface area contributed by atoms with Gasteiger partial charge in [-0.15, -0.1) is 0 Å². The van der Waals surface area contributed by atoms with Crippen LogP contribution >= 0.6 is 0 Å². The van der Waals surface area contributed by atoms with Gasteiger partial charge in [-0.3, -0.25) is 4.79 Å². The Bertz CT molecular complexity index is 159. The molecule has 0 fully saturated rings. The van der Waals surface area contributed by atoms with Crippen molar-refractivity contribution in [3.05, 3.63) is 0 Å². The van der Waals surface area contributed by atoms with E-state index in [0.717, 1.165) is 19.4 Å². The van der Waals surface area contributed by atoms with Crippen LogP contribution in [0.2, 0.25) is 0 Å². The number of carbonyl (C=O) groups excluding carboxylic acids is 1. The smallest absolute Gasteiger partial charge is 0.220 e. The summed E-state index contributed by atoms with van der Waals surface area (Å²) in [5.74, 6) is 1.14. The van der Waals surface area contributed by atoms with Gasteiger partial charge in [0.1, 0.15) is 0 Å². The van der Waals surface area contributed by atoms with Crippen LogP contribution in [-0.4, -0.2) is 19.0 Å². The largest absolute Gasteiger partial charge is 0.356 e. The van der Waals surface area contributed by atoms with Crippen LogP contribution in [0.1, 0.15) is 40.0 Å². The van der Waals surface area contributed by atoms with E-state index in [2.05, 4.69) is 26.1 Å². The Morgan fingerprint density at radius 2 is 2.00 bits per heavy atom. The van der Waals surface area contributed by atoms with Gasteiger partial charge in [0.05, 0.1) is 0 Å². The van der Waals surface area contributed by atoms with Gasteiger partial charge >= 0.3 is 0 Å². The van der Waals surface area contributed by atoms with Crippen LogP contribution < -0.4 is 11.1 Å². The minimum atomic E-state index is 0.170. The Balaban J connectivity index is 3.53. The van der Waals surface area contributed by atoms with E-state index in [1.807, 2.05) is 0 Å². The molecule has 1 amide bonds. The fourth-order valence-corrected chi connectivity index (χ4v) is 1.21. The molecule has 0 heterocycles. The highest BCUT2D eigenvalue weighted by Gasteiger charge is 2.08. The van der Waals surface area contributed by atoms with Crippen molar-refractivity contribution in [3.8, 4) is 0 Å². The zero-order valence-electron chi connectivity index (χ0n) is 9.68. The molecule has 0 radical (unpaired) electrons. The third kappa shape index (κ3) is 6.89. The molecule has 14 heavy (non-hydrogen) atoms. The maximum Gasteiger partial charge on any atom is 0.220 e. The highest BCUT2D eigenvalue weighted by atomic mass is 16.1. The van der Waals surface area contributed by atoms with Crippen LogP contribution in [-0.2, 0) is 4.79 Å². The predicted octanol–water partition coefficient (Wildman–Crippen LogP) is 1.52. The molecule has 0 aliphatic carbocycles. The zero-order valence-corrected chi connectivity index (χ0v) is 9.68. The van der Waals surface area contributed by atoms with Gasteiger partial charge in [0.15, 0.2) is 0 Å². The van der Waals surface area contributed by atoms with Gasteiger partial charge in [-0.25, -0.2) is 0 Å². The summed E-state index contributed by atoms with van der Waals surface area (Å²) in [6.45, 7) is 7.77. The molecule has 3 N–H and O–H groups in total. The molecular weight excluding hydrogens is 176 g/mol. The topological polar surface area (TPSA) is 55.1 Å². The van der Waals surface area contributed by atoms with E-state index in [1.54, 1.807) is 0 Å². The summed E-state index contributed by atoms with van der Waals surface area (Å²) >= 11 is 0. The Morgan fingerprint density at radius 1 is 1.36 bits per heavy atom. The van der Waals surface area contributed by atoms with E-state index in [-0.39, 0.29) is 5.91 Å². The molecule has 0 aromatic carbocycles. The van der Waals surface area contributed by atoms with Crippen LogP contribution in [0.4, 0.5) is 0 Å². The molecule has 3 heteroatoms. The molecule has 0 bridgehead atoms. The lowest BCUT2D eigenvalue weighted by Gasteiger charge is -2.13. The highest BCUT2D eigenvalue weighted by Crippen LogP contribution is 2.06. The van der Waals surface area contributed by atoms with Crippen LogP contribution in [0.25, 0.3) is 0 Å². The summed E-state index contributed by atoms with van der Waals surface area (Å²) in [5.41, 5.74) is 5.43. The van der Waals surface area contributed by atoms with Crippen molar-refractivity contribution in [1.82, 2.24) is 5.32 Å². The third-order valence-corrected chi connectivity index (χ3v) is 2.54. The van der Waals surface area contributed by atoms with E-state index >= 15 is 0 Å². The summed E-state index contributed by atoms with van der Waals surface area (Å²) < 4.78 is 0. The van der Waals surface area contributed by atoms with Crippen molar-refractivity contribution in [2.24, 2.45) is 17.6 Å². The van der Waals surface area contributed by atoms with Crippen LogP contribution in [0.15, 0.2) is 0 Å². The first-order chi connectivity index (χ1) is 6.60. The summed E-state index contributed by atoms with van der Waals surface area (Å²) in [7, 11) is 0. The number of hydrogen-bond donors (Lipinski definition) is 2. The second-order valence-electron chi connectivity index (χ2n) is 4.20. The first-order valence-electron chi connectivity index (χ1n) is 5.56. The second-order valence-corrected chi connectivity index (χ2v) is 4.20. The molecule has 2 atom stereocenters. The molecule has 0 aromatic heterocycles. The fraction of sp³-hybridized carbons (Fsp3) is 0.909. The minimum Gasteiger partial charge on any atom is -0.356 e. The van der Waals surface area contributed by atoms with E-state index in [4.69, 9.17) is 5.73 Å². The van der Waals surface area contributed by atoms with Gasteiger partial charge in [0, 0.05) is 13.0 Å². The number of amides is 1. The first-order valence-corrected chi connectivity index (χ1v) is 5.56. The number of nitrogens with one attached hydrogen (secondary N) is 1. The normalized spacial score (nSPS) is 14.9. The molecular formula is C11H24N2O. The molecule has 0 aliphatic heterocycles. The summed E-state index contributed by atoms with van der Waals surface area (Å²) in [4.78, 5) is 11.4. The molecule has 0 rings (SSSR count). The Morgan fingerprint density at radius 3 is 2.50 bits per heavy atom. The summed E-state index contributed by atoms with van der Waals surface area (Å²) in [5, 5.41) is 2.94. The quantitative estimate of drug-likeness (QED) is 0.654. The maximum absolute atomic E-state index is 11.4. The Kier molecular flexibility index (Phi) is 7.48. The van der Waals surface area contributed by atoms with Crippen molar-refractivity contribution in [3.63, 3.8) is 0 Å². The lowest BCUT2D eigenvalue weighted by atomic mass is 10.0. The monoisotopic (exact) mass is 200 g/mol. The summed E-state index contributed by atoms with van der Waals surface area (Å²) in [6.07, 6.45) is 2.68. The molecule has 0 spiro atoms. The molecule has 0 aliphatic rings. The van der Waals surface area contributed by atoms with Gasteiger partial charge in [-0.05, 0) is 24.8 Å². The zero-order chi connectivity index (χ0) is 11.0. The molecule has 0 aromatic rings. The van der Waals surface area contributed by atoms with Crippen molar-refractivity contribution in [1.29, 1.82) is 0 Å². The average Bonchev–Trinajstić information content (AvgIpc) is 2.15. The lowest BCUT2D eigenvalue weighted by Crippen LogP contribution is -2.30. The van der Waals surface area contributed by atoms with E-state index < -0.39 is 0 Å². The fourth-order valence-electron chi connectivity index (χ4n) is 1.21. The maximum atomic E-state index is 11.4. The van der Waals surface area contributed by atoms with Gasteiger partial charge in [0.25, 0.3) is 0 Å². The number of carbonyl (C=O) groups is 1. The molecule has 0 saturated heterocycles. The second kappa shape index (κ2) is 7.80. The van der Waals surface area contributed by atoms with Gasteiger partial charge in [-0.1, -0.05) is 27.2 Å². The van der Waals surface area contributed by atoms with Crippen LogP contribution in [0.5, 0.6) is 0 Å². The van der Waals surface area contributed by atoms with Crippen LogP contribution in [0, 0.1) is 11.8 Å². The van der Waals surface area contributed by atoms with Crippen LogP contribution in [0.3, 0.4) is 0 Å². The van der Waals surface area contributed by atoms with Gasteiger partial charge in [-0.2, -0.15) is 0 Å². The molecule has 2 unspecified atom stereocenters. The first kappa shape index (κ1) is 13.4. The van der Waals surface area contributed by atoms with E-state index in [0.29, 0.717) is 24.8 Å². The number of nitrogens with two attached hydrogens (primary N) is 1. The average molecular weight is 200 g/mol. The lowest BCUT2D eigenvalue weighted by molar-refractivity contribution is -0.122. The Hall–Kier alpha value is -0.570. The third-order valence-electron chi connectivity index (χ3n) is 2.54. The summed E-state index contributed by atoms with van der Waals surface area (Å²) in [6, 6.07) is 0. The SMILES string of the molecule is CCC(C)CC(=O)NCC(C)CCN. The van der Waals surface area contributed by atoms with E-state index in [9.17, 15) is 4.79 Å². The van der Waals surface area contributed by atoms with Crippen molar-refractivity contribution in [2.45, 2.75) is 40.0 Å². The van der Waals surface area contributed by atoms with Gasteiger partial charge in [0.2, 0.25) is 5.91 Å². The van der Waals surface area contributed by atoms with Crippen molar-refractivity contribution < 1.29 is 4.79 Å². The van der Waals surface area contributed by atoms with Gasteiger partial charge < -0.3 is 11.1 Å². The standard InChI is InChI=1S/C11H24N2O/c1-4-9(2)7-11(14)13-8-10(3)5-6-12/h9-10H,4-8,12H2,1-3H3,(H,13,14). The molecule has 84 valence electrons. The number of rotatable bonds is 7. The highest BCUT2D eigenvalue weighted by molar-refractivity contribution is 5.76. The minimum absolute atomic E-state index is 0.170. The predicted molar refractivity (Wildman–Crippen MR) is 59.9 cm³/mol. The number of hydrogen-bond acceptors (Lipinski definition) is 2. The van der Waals surface area contributed by atoms with E-state index in [1.165, 1.54) is 0 Å². The van der Waals surface area contributed by atoms with Crippen molar-refractivity contribution >= 4 is 5.91 Å². The Labute approximate surface area is 87.4 Å². The van der Waals surface area contributed by atoms with Crippen molar-refractivity contribution in [2.75, 3.05) is 13.1 Å².